The Hall–Kier alpha value is -2.75. The standard InChI is InChI=1S/C23H28N2O2/c1-4-27-21-11-8-20(9-12-21)10-13-23(26)25-16-14-24(15-17-25)22-7-5-6-18(2)19(22)3/h5-13H,4,14-17H2,1-3H3/b13-10+. The Morgan fingerprint density at radius 3 is 2.41 bits per heavy atom. The molecule has 1 aliphatic rings. The Kier molecular flexibility index (Phi) is 6.17. The highest BCUT2D eigenvalue weighted by molar-refractivity contribution is 5.92. The van der Waals surface area contributed by atoms with E-state index in [1.165, 1.54) is 16.8 Å². The predicted octanol–water partition coefficient (Wildman–Crippen LogP) is 4.06. The number of hydrogen-bond donors (Lipinski definition) is 0. The van der Waals surface area contributed by atoms with Crippen molar-refractivity contribution in [3.05, 3.63) is 65.2 Å². The van der Waals surface area contributed by atoms with Gasteiger partial charge in [0.25, 0.3) is 0 Å². The third kappa shape index (κ3) is 4.70. The minimum atomic E-state index is 0.0736. The molecule has 2 aromatic carbocycles. The molecule has 0 atom stereocenters. The molecule has 0 bridgehead atoms. The molecule has 3 rings (SSSR count). The highest BCUT2D eigenvalue weighted by Crippen LogP contribution is 2.24. The summed E-state index contributed by atoms with van der Waals surface area (Å²) in [7, 11) is 0. The third-order valence-corrected chi connectivity index (χ3v) is 5.12. The van der Waals surface area contributed by atoms with Gasteiger partial charge in [-0.3, -0.25) is 4.79 Å². The zero-order chi connectivity index (χ0) is 19.2. The van der Waals surface area contributed by atoms with Gasteiger partial charge < -0.3 is 14.5 Å². The van der Waals surface area contributed by atoms with Crippen molar-refractivity contribution in [3.8, 4) is 5.75 Å². The second-order valence-electron chi connectivity index (χ2n) is 6.87. The van der Waals surface area contributed by atoms with Gasteiger partial charge >= 0.3 is 0 Å². The Morgan fingerprint density at radius 1 is 1.04 bits per heavy atom. The zero-order valence-corrected chi connectivity index (χ0v) is 16.4. The fourth-order valence-electron chi connectivity index (χ4n) is 3.36. The van der Waals surface area contributed by atoms with Gasteiger partial charge in [0.15, 0.2) is 0 Å². The molecule has 2 aromatic rings. The number of carbonyl (C=O) groups excluding carboxylic acids is 1. The van der Waals surface area contributed by atoms with Gasteiger partial charge in [0.2, 0.25) is 5.91 Å². The van der Waals surface area contributed by atoms with Gasteiger partial charge in [-0.2, -0.15) is 0 Å². The Labute approximate surface area is 162 Å². The monoisotopic (exact) mass is 364 g/mol. The minimum Gasteiger partial charge on any atom is -0.494 e. The van der Waals surface area contributed by atoms with Crippen LogP contribution in [0.1, 0.15) is 23.6 Å². The fourth-order valence-corrected chi connectivity index (χ4v) is 3.36. The van der Waals surface area contributed by atoms with Crippen LogP contribution in [0.5, 0.6) is 5.75 Å². The van der Waals surface area contributed by atoms with Crippen LogP contribution in [0, 0.1) is 13.8 Å². The largest absolute Gasteiger partial charge is 0.494 e. The van der Waals surface area contributed by atoms with Gasteiger partial charge in [0, 0.05) is 37.9 Å². The summed E-state index contributed by atoms with van der Waals surface area (Å²) in [6, 6.07) is 14.2. The van der Waals surface area contributed by atoms with Crippen LogP contribution in [-0.2, 0) is 4.79 Å². The predicted molar refractivity (Wildman–Crippen MR) is 111 cm³/mol. The molecule has 27 heavy (non-hydrogen) atoms. The smallest absolute Gasteiger partial charge is 0.246 e. The number of carbonyl (C=O) groups is 1. The van der Waals surface area contributed by atoms with Gasteiger partial charge in [-0.1, -0.05) is 24.3 Å². The first-order valence-electron chi connectivity index (χ1n) is 9.59. The molecule has 0 radical (unpaired) electrons. The molecule has 4 nitrogen and oxygen atoms in total. The second kappa shape index (κ2) is 8.76. The topological polar surface area (TPSA) is 32.8 Å². The molecule has 0 saturated carbocycles. The molecule has 1 heterocycles. The maximum Gasteiger partial charge on any atom is 0.246 e. The summed E-state index contributed by atoms with van der Waals surface area (Å²) in [6.45, 7) is 10.2. The zero-order valence-electron chi connectivity index (χ0n) is 16.4. The van der Waals surface area contributed by atoms with E-state index in [1.807, 2.05) is 42.2 Å². The quantitative estimate of drug-likeness (QED) is 0.750. The molecule has 0 aromatic heterocycles. The van der Waals surface area contributed by atoms with E-state index in [1.54, 1.807) is 6.08 Å². The lowest BCUT2D eigenvalue weighted by molar-refractivity contribution is -0.126. The van der Waals surface area contributed by atoms with Crippen molar-refractivity contribution in [3.63, 3.8) is 0 Å². The van der Waals surface area contributed by atoms with Gasteiger partial charge in [-0.25, -0.2) is 0 Å². The van der Waals surface area contributed by atoms with Crippen LogP contribution in [0.25, 0.3) is 6.08 Å². The highest BCUT2D eigenvalue weighted by atomic mass is 16.5. The average molecular weight is 364 g/mol. The SMILES string of the molecule is CCOc1ccc(/C=C/C(=O)N2CCN(c3cccc(C)c3C)CC2)cc1. The van der Waals surface area contributed by atoms with Crippen LogP contribution in [0.3, 0.4) is 0 Å². The Morgan fingerprint density at radius 2 is 1.74 bits per heavy atom. The summed E-state index contributed by atoms with van der Waals surface area (Å²) in [4.78, 5) is 16.8. The van der Waals surface area contributed by atoms with E-state index in [0.29, 0.717) is 6.61 Å². The summed E-state index contributed by atoms with van der Waals surface area (Å²) >= 11 is 0. The van der Waals surface area contributed by atoms with E-state index in [2.05, 4.69) is 36.9 Å². The highest BCUT2D eigenvalue weighted by Gasteiger charge is 2.20. The molecule has 4 heteroatoms. The van der Waals surface area contributed by atoms with E-state index in [9.17, 15) is 4.79 Å². The van der Waals surface area contributed by atoms with Crippen molar-refractivity contribution in [2.24, 2.45) is 0 Å². The summed E-state index contributed by atoms with van der Waals surface area (Å²) in [5.74, 6) is 0.924. The van der Waals surface area contributed by atoms with Crippen molar-refractivity contribution < 1.29 is 9.53 Å². The number of rotatable bonds is 5. The number of hydrogen-bond acceptors (Lipinski definition) is 3. The lowest BCUT2D eigenvalue weighted by Crippen LogP contribution is -2.48. The van der Waals surface area contributed by atoms with E-state index < -0.39 is 0 Å². The van der Waals surface area contributed by atoms with Gasteiger partial charge in [-0.15, -0.1) is 0 Å². The first-order chi connectivity index (χ1) is 13.1. The van der Waals surface area contributed by atoms with Crippen LogP contribution >= 0.6 is 0 Å². The summed E-state index contributed by atoms with van der Waals surface area (Å²) in [5, 5.41) is 0. The molecule has 1 fully saturated rings. The molecular formula is C23H28N2O2. The number of nitrogens with zero attached hydrogens (tertiary/aromatic N) is 2. The van der Waals surface area contributed by atoms with Crippen molar-refractivity contribution in [2.45, 2.75) is 20.8 Å². The normalized spacial score (nSPS) is 14.6. The number of amides is 1. The molecule has 142 valence electrons. The number of ether oxygens (including phenoxy) is 1. The minimum absolute atomic E-state index is 0.0736. The third-order valence-electron chi connectivity index (χ3n) is 5.12. The Bertz CT molecular complexity index is 804. The fraction of sp³-hybridized carbons (Fsp3) is 0.348. The molecule has 0 unspecified atom stereocenters. The lowest BCUT2D eigenvalue weighted by Gasteiger charge is -2.36. The van der Waals surface area contributed by atoms with Gasteiger partial charge in [0.1, 0.15) is 5.75 Å². The average Bonchev–Trinajstić information content (AvgIpc) is 2.70. The number of benzene rings is 2. The van der Waals surface area contributed by atoms with E-state index in [0.717, 1.165) is 37.5 Å². The van der Waals surface area contributed by atoms with Crippen LogP contribution in [-0.4, -0.2) is 43.6 Å². The number of aryl methyl sites for hydroxylation is 1. The van der Waals surface area contributed by atoms with Crippen molar-refractivity contribution in [1.29, 1.82) is 0 Å². The molecular weight excluding hydrogens is 336 g/mol. The molecule has 1 aliphatic heterocycles. The molecule has 0 N–H and O–H groups in total. The van der Waals surface area contributed by atoms with Gasteiger partial charge in [0.05, 0.1) is 6.61 Å². The maximum absolute atomic E-state index is 12.5. The molecule has 0 spiro atoms. The van der Waals surface area contributed by atoms with Crippen LogP contribution < -0.4 is 9.64 Å². The molecule has 0 aliphatic carbocycles. The van der Waals surface area contributed by atoms with Crippen molar-refractivity contribution in [1.82, 2.24) is 4.90 Å². The molecule has 1 amide bonds. The first-order valence-corrected chi connectivity index (χ1v) is 9.59. The lowest BCUT2D eigenvalue weighted by atomic mass is 10.1. The van der Waals surface area contributed by atoms with Gasteiger partial charge in [-0.05, 0) is 61.7 Å². The second-order valence-corrected chi connectivity index (χ2v) is 6.87. The summed E-state index contributed by atoms with van der Waals surface area (Å²) in [5.41, 5.74) is 4.92. The van der Waals surface area contributed by atoms with Crippen molar-refractivity contribution >= 4 is 17.7 Å². The van der Waals surface area contributed by atoms with E-state index in [-0.39, 0.29) is 5.91 Å². The maximum atomic E-state index is 12.5. The summed E-state index contributed by atoms with van der Waals surface area (Å²) in [6.07, 6.45) is 3.54. The van der Waals surface area contributed by atoms with Crippen LogP contribution in [0.4, 0.5) is 5.69 Å². The molecule has 1 saturated heterocycles. The van der Waals surface area contributed by atoms with Crippen molar-refractivity contribution in [2.75, 3.05) is 37.7 Å². The number of anilines is 1. The van der Waals surface area contributed by atoms with E-state index in [4.69, 9.17) is 4.74 Å². The van der Waals surface area contributed by atoms with E-state index >= 15 is 0 Å². The van der Waals surface area contributed by atoms with Crippen LogP contribution in [0.15, 0.2) is 48.5 Å². The summed E-state index contributed by atoms with van der Waals surface area (Å²) < 4.78 is 5.44. The first kappa shape index (κ1) is 19.0. The Balaban J connectivity index is 1.56. The van der Waals surface area contributed by atoms with Crippen LogP contribution in [0.2, 0.25) is 0 Å². The number of piperazine rings is 1.